The summed E-state index contributed by atoms with van der Waals surface area (Å²) in [4.78, 5) is 22.1. The van der Waals surface area contributed by atoms with Gasteiger partial charge in [-0.05, 0) is 22.9 Å². The maximum atomic E-state index is 12.4. The zero-order valence-electron chi connectivity index (χ0n) is 12.2. The van der Waals surface area contributed by atoms with Gasteiger partial charge in [-0.2, -0.15) is 0 Å². The van der Waals surface area contributed by atoms with Crippen molar-refractivity contribution in [3.8, 4) is 10.6 Å². The fraction of sp³-hybridized carbons (Fsp3) is 0. The fourth-order valence-electron chi connectivity index (χ4n) is 2.30. The number of anilines is 1. The number of benzene rings is 1. The Hall–Kier alpha value is -2.28. The first-order valence-electron chi connectivity index (χ1n) is 7.07. The third kappa shape index (κ3) is 2.91. The molecule has 1 N–H and O–H groups in total. The van der Waals surface area contributed by atoms with Gasteiger partial charge in [0, 0.05) is 10.8 Å². The van der Waals surface area contributed by atoms with Crippen LogP contribution in [0.4, 0.5) is 5.13 Å². The van der Waals surface area contributed by atoms with Crippen LogP contribution in [0.2, 0.25) is 5.15 Å². The van der Waals surface area contributed by atoms with Gasteiger partial charge < -0.3 is 0 Å². The second kappa shape index (κ2) is 6.32. The number of amides is 1. The molecule has 0 fully saturated rings. The van der Waals surface area contributed by atoms with Crippen molar-refractivity contribution in [2.75, 3.05) is 5.32 Å². The maximum Gasteiger partial charge on any atom is 0.276 e. The Balaban J connectivity index is 1.60. The molecule has 0 bridgehead atoms. The SMILES string of the molecule is O=C(Nc1nc(-c2cccs2)cs1)c1cc2ccccc2c(Cl)n1. The zero-order chi connectivity index (χ0) is 16.5. The molecule has 0 unspecified atom stereocenters. The van der Waals surface area contributed by atoms with Crippen molar-refractivity contribution in [2.24, 2.45) is 0 Å². The van der Waals surface area contributed by atoms with Crippen molar-refractivity contribution < 1.29 is 4.79 Å². The van der Waals surface area contributed by atoms with E-state index in [-0.39, 0.29) is 11.6 Å². The lowest BCUT2D eigenvalue weighted by Crippen LogP contribution is -2.13. The zero-order valence-corrected chi connectivity index (χ0v) is 14.6. The van der Waals surface area contributed by atoms with Crippen LogP contribution in [0.25, 0.3) is 21.3 Å². The Morgan fingerprint density at radius 1 is 1.08 bits per heavy atom. The van der Waals surface area contributed by atoms with E-state index in [0.717, 1.165) is 21.3 Å². The Morgan fingerprint density at radius 2 is 1.96 bits per heavy atom. The van der Waals surface area contributed by atoms with Crippen LogP contribution in [0, 0.1) is 0 Å². The summed E-state index contributed by atoms with van der Waals surface area (Å²) in [7, 11) is 0. The third-order valence-electron chi connectivity index (χ3n) is 3.42. The lowest BCUT2D eigenvalue weighted by Gasteiger charge is -2.05. The minimum Gasteiger partial charge on any atom is -0.296 e. The summed E-state index contributed by atoms with van der Waals surface area (Å²) in [5, 5.41) is 9.25. The molecule has 1 aromatic carbocycles. The highest BCUT2D eigenvalue weighted by molar-refractivity contribution is 7.16. The van der Waals surface area contributed by atoms with Gasteiger partial charge in [-0.3, -0.25) is 10.1 Å². The highest BCUT2D eigenvalue weighted by Gasteiger charge is 2.14. The lowest BCUT2D eigenvalue weighted by molar-refractivity contribution is 0.102. The van der Waals surface area contributed by atoms with Gasteiger partial charge in [-0.1, -0.05) is 41.9 Å². The average Bonchev–Trinajstić information content (AvgIpc) is 3.26. The van der Waals surface area contributed by atoms with E-state index in [9.17, 15) is 4.79 Å². The largest absolute Gasteiger partial charge is 0.296 e. The van der Waals surface area contributed by atoms with Crippen LogP contribution < -0.4 is 5.32 Å². The second-order valence-corrected chi connectivity index (χ2v) is 7.15. The number of hydrogen-bond donors (Lipinski definition) is 1. The number of nitrogens with zero attached hydrogens (tertiary/aromatic N) is 2. The number of thiazole rings is 1. The molecule has 1 amide bonds. The van der Waals surface area contributed by atoms with Crippen LogP contribution >= 0.6 is 34.3 Å². The molecule has 24 heavy (non-hydrogen) atoms. The smallest absolute Gasteiger partial charge is 0.276 e. The van der Waals surface area contributed by atoms with E-state index in [1.807, 2.05) is 47.2 Å². The fourth-order valence-corrected chi connectivity index (χ4v) is 4.03. The van der Waals surface area contributed by atoms with E-state index in [4.69, 9.17) is 11.6 Å². The quantitative estimate of drug-likeness (QED) is 0.495. The van der Waals surface area contributed by atoms with E-state index in [1.165, 1.54) is 11.3 Å². The Morgan fingerprint density at radius 3 is 2.79 bits per heavy atom. The number of hydrogen-bond acceptors (Lipinski definition) is 5. The van der Waals surface area contributed by atoms with Crippen LogP contribution in [-0.2, 0) is 0 Å². The summed E-state index contributed by atoms with van der Waals surface area (Å²) in [6.45, 7) is 0. The molecule has 4 rings (SSSR count). The molecule has 0 aliphatic heterocycles. The van der Waals surface area contributed by atoms with Gasteiger partial charge in [0.1, 0.15) is 10.8 Å². The van der Waals surface area contributed by atoms with E-state index >= 15 is 0 Å². The molecule has 7 heteroatoms. The number of nitrogens with one attached hydrogen (secondary N) is 1. The summed E-state index contributed by atoms with van der Waals surface area (Å²) in [6.07, 6.45) is 0. The molecular weight excluding hydrogens is 362 g/mol. The van der Waals surface area contributed by atoms with Crippen LogP contribution in [0.3, 0.4) is 0 Å². The van der Waals surface area contributed by atoms with Crippen LogP contribution in [0.5, 0.6) is 0 Å². The monoisotopic (exact) mass is 371 g/mol. The standard InChI is InChI=1S/C17H10ClN3OS2/c18-15-11-5-2-1-4-10(11)8-12(19-15)16(22)21-17-20-13(9-24-17)14-6-3-7-23-14/h1-9H,(H,20,21,22). The number of pyridine rings is 1. The molecule has 0 aliphatic carbocycles. The van der Waals surface area contributed by atoms with Crippen LogP contribution in [-0.4, -0.2) is 15.9 Å². The van der Waals surface area contributed by atoms with Crippen molar-refractivity contribution in [3.63, 3.8) is 0 Å². The second-order valence-electron chi connectivity index (χ2n) is 4.99. The normalized spacial score (nSPS) is 10.9. The molecule has 3 heterocycles. The number of carbonyl (C=O) groups excluding carboxylic acids is 1. The first kappa shape index (κ1) is 15.3. The molecule has 118 valence electrons. The lowest BCUT2D eigenvalue weighted by atomic mass is 10.1. The van der Waals surface area contributed by atoms with E-state index < -0.39 is 0 Å². The van der Waals surface area contributed by atoms with Crippen molar-refractivity contribution >= 4 is 56.1 Å². The average molecular weight is 372 g/mol. The number of aromatic nitrogens is 2. The highest BCUT2D eigenvalue weighted by Crippen LogP contribution is 2.29. The van der Waals surface area contributed by atoms with Crippen molar-refractivity contribution in [1.82, 2.24) is 9.97 Å². The van der Waals surface area contributed by atoms with E-state index in [2.05, 4.69) is 15.3 Å². The first-order chi connectivity index (χ1) is 11.7. The number of halogens is 1. The predicted molar refractivity (Wildman–Crippen MR) is 100 cm³/mol. The molecule has 0 radical (unpaired) electrons. The minimum absolute atomic E-state index is 0.270. The van der Waals surface area contributed by atoms with Crippen molar-refractivity contribution in [1.29, 1.82) is 0 Å². The topological polar surface area (TPSA) is 54.9 Å². The highest BCUT2D eigenvalue weighted by atomic mass is 35.5. The number of rotatable bonds is 3. The number of thiophene rings is 1. The maximum absolute atomic E-state index is 12.4. The predicted octanol–water partition coefficient (Wildman–Crippen LogP) is 5.33. The number of fused-ring (bicyclic) bond motifs is 1. The van der Waals surface area contributed by atoms with Crippen LogP contribution in [0.1, 0.15) is 10.5 Å². The minimum atomic E-state index is -0.324. The molecule has 3 aromatic heterocycles. The van der Waals surface area contributed by atoms with Gasteiger partial charge in [0.25, 0.3) is 5.91 Å². The summed E-state index contributed by atoms with van der Waals surface area (Å²) in [6, 6.07) is 13.3. The van der Waals surface area contributed by atoms with Gasteiger partial charge in [0.05, 0.1) is 10.6 Å². The number of carbonyl (C=O) groups is 1. The molecule has 0 saturated carbocycles. The Labute approximate surface area is 150 Å². The van der Waals surface area contributed by atoms with Crippen LogP contribution in [0.15, 0.2) is 53.2 Å². The first-order valence-corrected chi connectivity index (χ1v) is 9.20. The third-order valence-corrected chi connectivity index (χ3v) is 5.36. The molecule has 0 atom stereocenters. The molecule has 4 aromatic rings. The molecular formula is C17H10ClN3OS2. The summed E-state index contributed by atoms with van der Waals surface area (Å²) >= 11 is 9.17. The van der Waals surface area contributed by atoms with Gasteiger partial charge in [-0.15, -0.1) is 22.7 Å². The van der Waals surface area contributed by atoms with Crippen molar-refractivity contribution in [2.45, 2.75) is 0 Å². The molecule has 4 nitrogen and oxygen atoms in total. The van der Waals surface area contributed by atoms with Crippen molar-refractivity contribution in [3.05, 3.63) is 64.1 Å². The Bertz CT molecular complexity index is 1030. The molecule has 0 spiro atoms. The van der Waals surface area contributed by atoms with Gasteiger partial charge in [0.2, 0.25) is 0 Å². The van der Waals surface area contributed by atoms with Gasteiger partial charge in [0.15, 0.2) is 5.13 Å². The van der Waals surface area contributed by atoms with E-state index in [1.54, 1.807) is 17.4 Å². The summed E-state index contributed by atoms with van der Waals surface area (Å²) < 4.78 is 0. The molecule has 0 aliphatic rings. The van der Waals surface area contributed by atoms with E-state index in [0.29, 0.717) is 10.3 Å². The Kier molecular flexibility index (Phi) is 4.02. The molecule has 0 saturated heterocycles. The summed E-state index contributed by atoms with van der Waals surface area (Å²) in [5.74, 6) is -0.324. The van der Waals surface area contributed by atoms with Gasteiger partial charge >= 0.3 is 0 Å². The van der Waals surface area contributed by atoms with Gasteiger partial charge in [-0.25, -0.2) is 9.97 Å². The summed E-state index contributed by atoms with van der Waals surface area (Å²) in [5.41, 5.74) is 1.13.